The number of nitrogens with one attached hydrogen (secondary N) is 1. The van der Waals surface area contributed by atoms with E-state index in [1.54, 1.807) is 7.11 Å². The van der Waals surface area contributed by atoms with E-state index in [2.05, 4.69) is 5.32 Å². The SMILES string of the molecule is COc1ccc(C)cc1CCNC(=O)CCC(=O)O. The predicted molar refractivity (Wildman–Crippen MR) is 71.3 cm³/mol. The van der Waals surface area contributed by atoms with Gasteiger partial charge in [0.25, 0.3) is 0 Å². The van der Waals surface area contributed by atoms with E-state index in [4.69, 9.17) is 9.84 Å². The maximum absolute atomic E-state index is 11.4. The van der Waals surface area contributed by atoms with Crippen molar-refractivity contribution in [2.45, 2.75) is 26.2 Å². The van der Waals surface area contributed by atoms with Gasteiger partial charge in [-0.3, -0.25) is 9.59 Å². The van der Waals surface area contributed by atoms with Crippen LogP contribution in [-0.4, -0.2) is 30.6 Å². The molecular weight excluding hydrogens is 246 g/mol. The molecule has 0 aromatic heterocycles. The fraction of sp³-hybridized carbons (Fsp3) is 0.429. The molecule has 0 aliphatic carbocycles. The number of carboxylic acids is 1. The van der Waals surface area contributed by atoms with Gasteiger partial charge in [0.15, 0.2) is 0 Å². The molecule has 1 amide bonds. The van der Waals surface area contributed by atoms with Crippen LogP contribution in [0.2, 0.25) is 0 Å². The van der Waals surface area contributed by atoms with Crippen molar-refractivity contribution in [3.05, 3.63) is 29.3 Å². The first-order valence-corrected chi connectivity index (χ1v) is 6.15. The summed E-state index contributed by atoms with van der Waals surface area (Å²) in [7, 11) is 1.61. The maximum atomic E-state index is 11.4. The van der Waals surface area contributed by atoms with Crippen LogP contribution in [0.25, 0.3) is 0 Å². The van der Waals surface area contributed by atoms with Gasteiger partial charge in [0, 0.05) is 13.0 Å². The van der Waals surface area contributed by atoms with Gasteiger partial charge >= 0.3 is 5.97 Å². The van der Waals surface area contributed by atoms with Gasteiger partial charge in [-0.15, -0.1) is 0 Å². The molecule has 0 saturated heterocycles. The first-order chi connectivity index (χ1) is 9.02. The van der Waals surface area contributed by atoms with E-state index in [0.717, 1.165) is 16.9 Å². The minimum Gasteiger partial charge on any atom is -0.496 e. The molecule has 0 saturated carbocycles. The second-order valence-electron chi connectivity index (χ2n) is 4.31. The molecule has 0 unspecified atom stereocenters. The summed E-state index contributed by atoms with van der Waals surface area (Å²) in [5.41, 5.74) is 2.16. The zero-order chi connectivity index (χ0) is 14.3. The topological polar surface area (TPSA) is 75.6 Å². The van der Waals surface area contributed by atoms with Crippen LogP contribution < -0.4 is 10.1 Å². The number of ether oxygens (including phenoxy) is 1. The number of amides is 1. The van der Waals surface area contributed by atoms with Crippen molar-refractivity contribution >= 4 is 11.9 Å². The fourth-order valence-electron chi connectivity index (χ4n) is 1.75. The van der Waals surface area contributed by atoms with Gasteiger partial charge in [-0.1, -0.05) is 17.7 Å². The van der Waals surface area contributed by atoms with E-state index in [1.165, 1.54) is 0 Å². The normalized spacial score (nSPS) is 10.0. The molecule has 0 spiro atoms. The molecule has 19 heavy (non-hydrogen) atoms. The van der Waals surface area contributed by atoms with Gasteiger partial charge in [-0.2, -0.15) is 0 Å². The second kappa shape index (κ2) is 7.41. The first kappa shape index (κ1) is 15.0. The van der Waals surface area contributed by atoms with Crippen LogP contribution >= 0.6 is 0 Å². The summed E-state index contributed by atoms with van der Waals surface area (Å²) in [5, 5.41) is 11.2. The minimum absolute atomic E-state index is 0.0142. The Morgan fingerprint density at radius 1 is 1.32 bits per heavy atom. The molecule has 2 N–H and O–H groups in total. The second-order valence-corrected chi connectivity index (χ2v) is 4.31. The van der Waals surface area contributed by atoms with Crippen molar-refractivity contribution in [3.63, 3.8) is 0 Å². The van der Waals surface area contributed by atoms with Crippen molar-refractivity contribution in [1.82, 2.24) is 5.32 Å². The Kier molecular flexibility index (Phi) is 5.85. The lowest BCUT2D eigenvalue weighted by Crippen LogP contribution is -2.26. The number of methoxy groups -OCH3 is 1. The summed E-state index contributed by atoms with van der Waals surface area (Å²) in [6.45, 7) is 2.46. The first-order valence-electron chi connectivity index (χ1n) is 6.15. The van der Waals surface area contributed by atoms with Crippen LogP contribution in [0.5, 0.6) is 5.75 Å². The monoisotopic (exact) mass is 265 g/mol. The van der Waals surface area contributed by atoms with Crippen molar-refractivity contribution < 1.29 is 19.4 Å². The lowest BCUT2D eigenvalue weighted by molar-refractivity contribution is -0.138. The molecule has 0 heterocycles. The number of carbonyl (C=O) groups is 2. The molecule has 1 aromatic carbocycles. The maximum Gasteiger partial charge on any atom is 0.303 e. The molecule has 1 rings (SSSR count). The summed E-state index contributed by atoms with van der Waals surface area (Å²) >= 11 is 0. The highest BCUT2D eigenvalue weighted by molar-refractivity contribution is 5.80. The standard InChI is InChI=1S/C14H19NO4/c1-10-3-4-12(19-2)11(9-10)7-8-15-13(16)5-6-14(17)18/h3-4,9H,5-8H2,1-2H3,(H,15,16)(H,17,18). The van der Waals surface area contributed by atoms with E-state index in [9.17, 15) is 9.59 Å². The zero-order valence-corrected chi connectivity index (χ0v) is 11.2. The fourth-order valence-corrected chi connectivity index (χ4v) is 1.75. The molecule has 5 heteroatoms. The summed E-state index contributed by atoms with van der Waals surface area (Å²) in [4.78, 5) is 21.7. The Bertz CT molecular complexity index is 457. The molecule has 0 radical (unpaired) electrons. The van der Waals surface area contributed by atoms with E-state index in [0.29, 0.717) is 13.0 Å². The average Bonchev–Trinajstić information content (AvgIpc) is 2.36. The smallest absolute Gasteiger partial charge is 0.303 e. The van der Waals surface area contributed by atoms with Crippen LogP contribution in [-0.2, 0) is 16.0 Å². The van der Waals surface area contributed by atoms with Crippen LogP contribution in [0, 0.1) is 6.92 Å². The summed E-state index contributed by atoms with van der Waals surface area (Å²) in [5.74, 6) is -0.407. The molecule has 0 aliphatic heterocycles. The third kappa shape index (κ3) is 5.42. The van der Waals surface area contributed by atoms with Crippen molar-refractivity contribution in [1.29, 1.82) is 0 Å². The molecule has 0 bridgehead atoms. The van der Waals surface area contributed by atoms with Crippen molar-refractivity contribution in [3.8, 4) is 5.75 Å². The number of rotatable bonds is 7. The third-order valence-electron chi connectivity index (χ3n) is 2.72. The summed E-state index contributed by atoms with van der Waals surface area (Å²) < 4.78 is 5.25. The third-order valence-corrected chi connectivity index (χ3v) is 2.72. The largest absolute Gasteiger partial charge is 0.496 e. The van der Waals surface area contributed by atoms with E-state index in [-0.39, 0.29) is 18.7 Å². The van der Waals surface area contributed by atoms with E-state index in [1.807, 2.05) is 25.1 Å². The lowest BCUT2D eigenvalue weighted by Gasteiger charge is -2.10. The van der Waals surface area contributed by atoms with E-state index >= 15 is 0 Å². The Morgan fingerprint density at radius 3 is 2.68 bits per heavy atom. The molecule has 5 nitrogen and oxygen atoms in total. The van der Waals surface area contributed by atoms with Gasteiger partial charge in [-0.25, -0.2) is 0 Å². The molecule has 104 valence electrons. The number of benzene rings is 1. The molecule has 0 atom stereocenters. The minimum atomic E-state index is -0.962. The summed E-state index contributed by atoms with van der Waals surface area (Å²) in [6.07, 6.45) is 0.531. The highest BCUT2D eigenvalue weighted by Crippen LogP contribution is 2.19. The lowest BCUT2D eigenvalue weighted by atomic mass is 10.1. The number of hydrogen-bond acceptors (Lipinski definition) is 3. The molecular formula is C14H19NO4. The van der Waals surface area contributed by atoms with Gasteiger partial charge in [0.05, 0.1) is 13.5 Å². The Labute approximate surface area is 112 Å². The van der Waals surface area contributed by atoms with Crippen molar-refractivity contribution in [2.24, 2.45) is 0 Å². The van der Waals surface area contributed by atoms with E-state index < -0.39 is 5.97 Å². The van der Waals surface area contributed by atoms with Crippen LogP contribution in [0.3, 0.4) is 0 Å². The average molecular weight is 265 g/mol. The zero-order valence-electron chi connectivity index (χ0n) is 11.2. The molecule has 1 aromatic rings. The number of carboxylic acid groups (broad SMARTS) is 1. The molecule has 0 fully saturated rings. The molecule has 0 aliphatic rings. The number of aliphatic carboxylic acids is 1. The number of aryl methyl sites for hydroxylation is 1. The predicted octanol–water partition coefficient (Wildman–Crippen LogP) is 1.53. The number of carbonyl (C=O) groups excluding carboxylic acids is 1. The van der Waals surface area contributed by atoms with Crippen molar-refractivity contribution in [2.75, 3.05) is 13.7 Å². The van der Waals surface area contributed by atoms with Gasteiger partial charge in [0.1, 0.15) is 5.75 Å². The Balaban J connectivity index is 2.42. The highest BCUT2D eigenvalue weighted by Gasteiger charge is 2.06. The number of hydrogen-bond donors (Lipinski definition) is 2. The van der Waals surface area contributed by atoms with Gasteiger partial charge in [-0.05, 0) is 25.0 Å². The highest BCUT2D eigenvalue weighted by atomic mass is 16.5. The van der Waals surface area contributed by atoms with Gasteiger partial charge < -0.3 is 15.2 Å². The van der Waals surface area contributed by atoms with Crippen LogP contribution in [0.4, 0.5) is 0 Å². The van der Waals surface area contributed by atoms with Gasteiger partial charge in [0.2, 0.25) is 5.91 Å². The van der Waals surface area contributed by atoms with Crippen LogP contribution in [0.1, 0.15) is 24.0 Å². The Morgan fingerprint density at radius 2 is 2.05 bits per heavy atom. The Hall–Kier alpha value is -2.04. The van der Waals surface area contributed by atoms with Crippen LogP contribution in [0.15, 0.2) is 18.2 Å². The summed E-state index contributed by atoms with van der Waals surface area (Å²) in [6, 6.07) is 5.88. The quantitative estimate of drug-likeness (QED) is 0.784.